The van der Waals surface area contributed by atoms with Crippen LogP contribution in [-0.2, 0) is 7.05 Å². The molecule has 0 aromatic carbocycles. The zero-order valence-electron chi connectivity index (χ0n) is 8.60. The van der Waals surface area contributed by atoms with Gasteiger partial charge in [0.1, 0.15) is 6.33 Å². The molecule has 0 aliphatic carbocycles. The zero-order chi connectivity index (χ0) is 10.8. The van der Waals surface area contributed by atoms with Crippen LogP contribution in [0.5, 0.6) is 0 Å². The standard InChI is InChI=1S/C9H12N6/c1-6-8(4-15(2)14-6)13-9-7(10)3-11-5-12-9/h3-5H,10H2,1-2H3,(H,11,12,13). The summed E-state index contributed by atoms with van der Waals surface area (Å²) in [5, 5.41) is 7.31. The fraction of sp³-hybridized carbons (Fsp3) is 0.222. The fourth-order valence-corrected chi connectivity index (χ4v) is 1.29. The van der Waals surface area contributed by atoms with Crippen molar-refractivity contribution < 1.29 is 0 Å². The molecule has 78 valence electrons. The van der Waals surface area contributed by atoms with Gasteiger partial charge in [-0.1, -0.05) is 0 Å². The van der Waals surface area contributed by atoms with Gasteiger partial charge in [-0.3, -0.25) is 4.68 Å². The summed E-state index contributed by atoms with van der Waals surface area (Å²) in [4.78, 5) is 7.86. The number of nitrogens with two attached hydrogens (primary N) is 1. The predicted molar refractivity (Wildman–Crippen MR) is 57.7 cm³/mol. The molecule has 2 rings (SSSR count). The van der Waals surface area contributed by atoms with Crippen LogP contribution in [-0.4, -0.2) is 19.7 Å². The van der Waals surface area contributed by atoms with E-state index in [0.717, 1.165) is 11.4 Å². The Morgan fingerprint density at radius 3 is 2.87 bits per heavy atom. The van der Waals surface area contributed by atoms with Crippen LogP contribution in [0.25, 0.3) is 0 Å². The molecule has 0 saturated heterocycles. The van der Waals surface area contributed by atoms with Crippen LogP contribution in [0.2, 0.25) is 0 Å². The van der Waals surface area contributed by atoms with Crippen molar-refractivity contribution in [2.24, 2.45) is 7.05 Å². The Morgan fingerprint density at radius 1 is 1.47 bits per heavy atom. The fourth-order valence-electron chi connectivity index (χ4n) is 1.29. The van der Waals surface area contributed by atoms with Crippen molar-refractivity contribution in [1.29, 1.82) is 0 Å². The molecule has 0 spiro atoms. The first kappa shape index (κ1) is 9.45. The molecule has 3 N–H and O–H groups in total. The average molecular weight is 204 g/mol. The third-order valence-corrected chi connectivity index (χ3v) is 2.01. The van der Waals surface area contributed by atoms with E-state index in [0.29, 0.717) is 11.5 Å². The van der Waals surface area contributed by atoms with Crippen molar-refractivity contribution in [1.82, 2.24) is 19.7 Å². The topological polar surface area (TPSA) is 81.7 Å². The van der Waals surface area contributed by atoms with Gasteiger partial charge in [-0.25, -0.2) is 9.97 Å². The molecule has 2 heterocycles. The lowest BCUT2D eigenvalue weighted by Gasteiger charge is -2.05. The van der Waals surface area contributed by atoms with Crippen molar-refractivity contribution in [2.75, 3.05) is 11.1 Å². The number of hydrogen-bond acceptors (Lipinski definition) is 5. The second-order valence-corrected chi connectivity index (χ2v) is 3.25. The normalized spacial score (nSPS) is 10.3. The zero-order valence-corrected chi connectivity index (χ0v) is 8.60. The maximum Gasteiger partial charge on any atom is 0.157 e. The van der Waals surface area contributed by atoms with Gasteiger partial charge < -0.3 is 11.1 Å². The Kier molecular flexibility index (Phi) is 2.24. The molecule has 2 aromatic rings. The molecule has 6 nitrogen and oxygen atoms in total. The second-order valence-electron chi connectivity index (χ2n) is 3.25. The summed E-state index contributed by atoms with van der Waals surface area (Å²) in [6.07, 6.45) is 4.88. The third kappa shape index (κ3) is 1.88. The van der Waals surface area contributed by atoms with Crippen molar-refractivity contribution >= 4 is 17.2 Å². The summed E-state index contributed by atoms with van der Waals surface area (Å²) < 4.78 is 1.73. The summed E-state index contributed by atoms with van der Waals surface area (Å²) >= 11 is 0. The van der Waals surface area contributed by atoms with Crippen LogP contribution in [0.1, 0.15) is 5.69 Å². The molecule has 0 saturated carbocycles. The molecule has 0 bridgehead atoms. The Morgan fingerprint density at radius 2 is 2.27 bits per heavy atom. The van der Waals surface area contributed by atoms with E-state index in [2.05, 4.69) is 20.4 Å². The lowest BCUT2D eigenvalue weighted by molar-refractivity contribution is 0.756. The van der Waals surface area contributed by atoms with Crippen LogP contribution in [0.4, 0.5) is 17.2 Å². The van der Waals surface area contributed by atoms with Gasteiger partial charge in [-0.05, 0) is 6.92 Å². The highest BCUT2D eigenvalue weighted by atomic mass is 15.3. The van der Waals surface area contributed by atoms with E-state index in [1.165, 1.54) is 6.33 Å². The van der Waals surface area contributed by atoms with E-state index >= 15 is 0 Å². The molecule has 15 heavy (non-hydrogen) atoms. The average Bonchev–Trinajstić information content (AvgIpc) is 2.49. The van der Waals surface area contributed by atoms with E-state index in [1.54, 1.807) is 10.9 Å². The number of nitrogens with one attached hydrogen (secondary N) is 1. The van der Waals surface area contributed by atoms with Gasteiger partial charge in [0.15, 0.2) is 5.82 Å². The smallest absolute Gasteiger partial charge is 0.157 e. The molecule has 6 heteroatoms. The lowest BCUT2D eigenvalue weighted by atomic mass is 10.4. The highest BCUT2D eigenvalue weighted by Crippen LogP contribution is 2.20. The van der Waals surface area contributed by atoms with Crippen LogP contribution in [0.3, 0.4) is 0 Å². The van der Waals surface area contributed by atoms with E-state index in [4.69, 9.17) is 5.73 Å². The SMILES string of the molecule is Cc1nn(C)cc1Nc1ncncc1N. The van der Waals surface area contributed by atoms with Gasteiger partial charge in [-0.15, -0.1) is 0 Å². The molecule has 0 aliphatic rings. The molecule has 0 unspecified atom stereocenters. The minimum absolute atomic E-state index is 0.515. The number of anilines is 3. The lowest BCUT2D eigenvalue weighted by Crippen LogP contribution is -1.99. The number of nitrogens with zero attached hydrogens (tertiary/aromatic N) is 4. The number of nitrogen functional groups attached to an aromatic ring is 1. The van der Waals surface area contributed by atoms with Crippen LogP contribution < -0.4 is 11.1 Å². The monoisotopic (exact) mass is 204 g/mol. The van der Waals surface area contributed by atoms with Crippen molar-refractivity contribution in [2.45, 2.75) is 6.92 Å². The highest BCUT2D eigenvalue weighted by Gasteiger charge is 2.05. The molecule has 0 amide bonds. The quantitative estimate of drug-likeness (QED) is 0.757. The van der Waals surface area contributed by atoms with Crippen LogP contribution >= 0.6 is 0 Å². The summed E-state index contributed by atoms with van der Waals surface area (Å²) in [7, 11) is 1.86. The van der Waals surface area contributed by atoms with E-state index in [-0.39, 0.29) is 0 Å². The van der Waals surface area contributed by atoms with Crippen molar-refractivity contribution in [3.63, 3.8) is 0 Å². The van der Waals surface area contributed by atoms with Gasteiger partial charge in [0.05, 0.1) is 23.3 Å². The molecule has 0 radical (unpaired) electrons. The molecular formula is C9H12N6. The summed E-state index contributed by atoms with van der Waals surface area (Å²) in [6.45, 7) is 1.92. The van der Waals surface area contributed by atoms with Crippen LogP contribution in [0, 0.1) is 6.92 Å². The first-order valence-electron chi connectivity index (χ1n) is 4.49. The number of rotatable bonds is 2. The van der Waals surface area contributed by atoms with Gasteiger partial charge >= 0.3 is 0 Å². The first-order valence-corrected chi connectivity index (χ1v) is 4.49. The third-order valence-electron chi connectivity index (χ3n) is 2.01. The number of aromatic nitrogens is 4. The highest BCUT2D eigenvalue weighted by molar-refractivity contribution is 5.68. The maximum atomic E-state index is 5.71. The van der Waals surface area contributed by atoms with Crippen molar-refractivity contribution in [3.05, 3.63) is 24.4 Å². The van der Waals surface area contributed by atoms with Gasteiger partial charge in [0.2, 0.25) is 0 Å². The predicted octanol–water partition coefficient (Wildman–Crippen LogP) is 0.844. The van der Waals surface area contributed by atoms with Crippen LogP contribution in [0.15, 0.2) is 18.7 Å². The van der Waals surface area contributed by atoms with E-state index in [9.17, 15) is 0 Å². The minimum Gasteiger partial charge on any atom is -0.394 e. The number of hydrogen-bond donors (Lipinski definition) is 2. The maximum absolute atomic E-state index is 5.71. The molecule has 0 fully saturated rings. The Bertz CT molecular complexity index is 475. The Labute approximate surface area is 87.2 Å². The molecular weight excluding hydrogens is 192 g/mol. The Hall–Kier alpha value is -2.11. The number of aryl methyl sites for hydroxylation is 2. The first-order chi connectivity index (χ1) is 7.16. The van der Waals surface area contributed by atoms with Gasteiger partial charge in [0, 0.05) is 13.2 Å². The molecule has 2 aromatic heterocycles. The largest absolute Gasteiger partial charge is 0.394 e. The Balaban J connectivity index is 2.29. The van der Waals surface area contributed by atoms with Gasteiger partial charge in [0.25, 0.3) is 0 Å². The summed E-state index contributed by atoms with van der Waals surface area (Å²) in [5.41, 5.74) is 8.02. The van der Waals surface area contributed by atoms with Crippen molar-refractivity contribution in [3.8, 4) is 0 Å². The van der Waals surface area contributed by atoms with E-state index in [1.807, 2.05) is 20.2 Å². The van der Waals surface area contributed by atoms with E-state index < -0.39 is 0 Å². The van der Waals surface area contributed by atoms with Gasteiger partial charge in [-0.2, -0.15) is 5.10 Å². The minimum atomic E-state index is 0.515. The molecule has 0 atom stereocenters. The summed E-state index contributed by atoms with van der Waals surface area (Å²) in [6, 6.07) is 0. The molecule has 0 aliphatic heterocycles. The second kappa shape index (κ2) is 3.56. The summed E-state index contributed by atoms with van der Waals surface area (Å²) in [5.74, 6) is 0.598.